The summed E-state index contributed by atoms with van der Waals surface area (Å²) in [6.07, 6.45) is 2.53. The molecule has 0 aliphatic heterocycles. The summed E-state index contributed by atoms with van der Waals surface area (Å²) in [6.45, 7) is 0. The maximum Gasteiger partial charge on any atom is 0.118 e. The standard InChI is InChI=1S/C18H20O2/c1-20-16-9-7-14(8-10-16)13-17(19)18(11-12-18)15-5-3-2-4-6-15/h2-10,17,19H,11-13H2,1H3. The molecule has 2 nitrogen and oxygen atoms in total. The average Bonchev–Trinajstić information content (AvgIpc) is 3.31. The van der Waals surface area contributed by atoms with E-state index in [2.05, 4.69) is 24.3 Å². The molecule has 0 heterocycles. The molecule has 1 unspecified atom stereocenters. The van der Waals surface area contributed by atoms with Gasteiger partial charge in [-0.2, -0.15) is 0 Å². The summed E-state index contributed by atoms with van der Waals surface area (Å²) < 4.78 is 5.16. The van der Waals surface area contributed by atoms with Gasteiger partial charge in [-0.15, -0.1) is 0 Å². The molecule has 1 fully saturated rings. The number of methoxy groups -OCH3 is 1. The van der Waals surface area contributed by atoms with Gasteiger partial charge in [-0.25, -0.2) is 0 Å². The largest absolute Gasteiger partial charge is 0.497 e. The fourth-order valence-corrected chi connectivity index (χ4v) is 2.90. The van der Waals surface area contributed by atoms with Crippen molar-refractivity contribution in [2.24, 2.45) is 0 Å². The fraction of sp³-hybridized carbons (Fsp3) is 0.333. The normalized spacial score (nSPS) is 17.5. The number of hydrogen-bond acceptors (Lipinski definition) is 2. The molecular weight excluding hydrogens is 248 g/mol. The van der Waals surface area contributed by atoms with Crippen LogP contribution in [0.15, 0.2) is 54.6 Å². The zero-order valence-corrected chi connectivity index (χ0v) is 11.8. The van der Waals surface area contributed by atoms with Crippen molar-refractivity contribution in [1.29, 1.82) is 0 Å². The molecule has 1 aliphatic carbocycles. The Morgan fingerprint density at radius 3 is 2.25 bits per heavy atom. The van der Waals surface area contributed by atoms with Crippen LogP contribution < -0.4 is 4.74 Å². The third-order valence-electron chi connectivity index (χ3n) is 4.36. The fourth-order valence-electron chi connectivity index (χ4n) is 2.90. The molecule has 0 spiro atoms. The van der Waals surface area contributed by atoms with Crippen molar-refractivity contribution in [2.45, 2.75) is 30.8 Å². The van der Waals surface area contributed by atoms with Crippen molar-refractivity contribution in [3.63, 3.8) is 0 Å². The average molecular weight is 268 g/mol. The van der Waals surface area contributed by atoms with Gasteiger partial charge >= 0.3 is 0 Å². The molecular formula is C18H20O2. The van der Waals surface area contributed by atoms with Crippen LogP contribution in [0.25, 0.3) is 0 Å². The second kappa shape index (κ2) is 5.29. The van der Waals surface area contributed by atoms with E-state index >= 15 is 0 Å². The van der Waals surface area contributed by atoms with Crippen molar-refractivity contribution in [3.05, 3.63) is 65.7 Å². The molecule has 1 saturated carbocycles. The maximum absolute atomic E-state index is 10.6. The summed E-state index contributed by atoms with van der Waals surface area (Å²) in [5, 5.41) is 10.6. The summed E-state index contributed by atoms with van der Waals surface area (Å²) >= 11 is 0. The molecule has 1 N–H and O–H groups in total. The monoisotopic (exact) mass is 268 g/mol. The van der Waals surface area contributed by atoms with E-state index in [0.717, 1.165) is 24.2 Å². The van der Waals surface area contributed by atoms with Gasteiger partial charge in [0, 0.05) is 5.41 Å². The summed E-state index contributed by atoms with van der Waals surface area (Å²) in [6, 6.07) is 18.3. The molecule has 2 aromatic carbocycles. The predicted octanol–water partition coefficient (Wildman–Crippen LogP) is 3.33. The maximum atomic E-state index is 10.6. The molecule has 0 bridgehead atoms. The lowest BCUT2D eigenvalue weighted by molar-refractivity contribution is 0.131. The van der Waals surface area contributed by atoms with Crippen LogP contribution >= 0.6 is 0 Å². The smallest absolute Gasteiger partial charge is 0.118 e. The lowest BCUT2D eigenvalue weighted by atomic mass is 9.86. The van der Waals surface area contributed by atoms with Gasteiger partial charge in [0.05, 0.1) is 13.2 Å². The highest BCUT2D eigenvalue weighted by molar-refractivity contribution is 5.35. The van der Waals surface area contributed by atoms with Gasteiger partial charge in [-0.05, 0) is 42.5 Å². The van der Waals surface area contributed by atoms with E-state index in [1.54, 1.807) is 7.11 Å². The lowest BCUT2D eigenvalue weighted by Crippen LogP contribution is -2.28. The van der Waals surface area contributed by atoms with E-state index in [0.29, 0.717) is 6.42 Å². The Kier molecular flexibility index (Phi) is 3.49. The zero-order chi connectivity index (χ0) is 14.0. The highest BCUT2D eigenvalue weighted by Crippen LogP contribution is 2.51. The first kappa shape index (κ1) is 13.2. The molecule has 1 atom stereocenters. The zero-order valence-electron chi connectivity index (χ0n) is 11.8. The molecule has 104 valence electrons. The molecule has 0 aromatic heterocycles. The second-order valence-electron chi connectivity index (χ2n) is 5.59. The first-order valence-electron chi connectivity index (χ1n) is 7.11. The van der Waals surface area contributed by atoms with E-state index in [9.17, 15) is 5.11 Å². The summed E-state index contributed by atoms with van der Waals surface area (Å²) in [5.74, 6) is 0.854. The predicted molar refractivity (Wildman–Crippen MR) is 80.1 cm³/mol. The Bertz CT molecular complexity index is 556. The van der Waals surface area contributed by atoms with Crippen LogP contribution in [0.5, 0.6) is 5.75 Å². The highest BCUT2D eigenvalue weighted by atomic mass is 16.5. The number of benzene rings is 2. The summed E-state index contributed by atoms with van der Waals surface area (Å²) in [7, 11) is 1.67. The van der Waals surface area contributed by atoms with Crippen LogP contribution in [0.4, 0.5) is 0 Å². The van der Waals surface area contributed by atoms with E-state index in [4.69, 9.17) is 4.74 Å². The highest BCUT2D eigenvalue weighted by Gasteiger charge is 2.49. The Balaban J connectivity index is 1.74. The van der Waals surface area contributed by atoms with E-state index in [1.807, 2.05) is 30.3 Å². The van der Waals surface area contributed by atoms with Crippen LogP contribution in [0, 0.1) is 0 Å². The van der Waals surface area contributed by atoms with Gasteiger partial charge in [0.25, 0.3) is 0 Å². The minimum Gasteiger partial charge on any atom is -0.497 e. The molecule has 3 rings (SSSR count). The van der Waals surface area contributed by atoms with Crippen molar-refractivity contribution < 1.29 is 9.84 Å². The Hall–Kier alpha value is -1.80. The Morgan fingerprint density at radius 1 is 1.05 bits per heavy atom. The Labute approximate surface area is 120 Å². The topological polar surface area (TPSA) is 29.5 Å². The van der Waals surface area contributed by atoms with E-state index in [-0.39, 0.29) is 11.5 Å². The molecule has 0 radical (unpaired) electrons. The number of aliphatic hydroxyl groups is 1. The van der Waals surface area contributed by atoms with Crippen LogP contribution in [0.3, 0.4) is 0 Å². The number of ether oxygens (including phenoxy) is 1. The first-order chi connectivity index (χ1) is 9.74. The molecule has 20 heavy (non-hydrogen) atoms. The Morgan fingerprint density at radius 2 is 1.70 bits per heavy atom. The quantitative estimate of drug-likeness (QED) is 0.901. The van der Waals surface area contributed by atoms with Crippen LogP contribution in [-0.2, 0) is 11.8 Å². The molecule has 2 aromatic rings. The van der Waals surface area contributed by atoms with Crippen molar-refractivity contribution in [2.75, 3.05) is 7.11 Å². The SMILES string of the molecule is COc1ccc(CC(O)C2(c3ccccc3)CC2)cc1. The van der Waals surface area contributed by atoms with Crippen LogP contribution in [0.1, 0.15) is 24.0 Å². The number of rotatable bonds is 5. The third kappa shape index (κ3) is 2.44. The van der Waals surface area contributed by atoms with E-state index < -0.39 is 0 Å². The molecule has 1 aliphatic rings. The second-order valence-corrected chi connectivity index (χ2v) is 5.59. The molecule has 0 saturated heterocycles. The number of aliphatic hydroxyl groups excluding tert-OH is 1. The molecule has 2 heteroatoms. The summed E-state index contributed by atoms with van der Waals surface area (Å²) in [4.78, 5) is 0. The van der Waals surface area contributed by atoms with Gasteiger partial charge in [-0.3, -0.25) is 0 Å². The van der Waals surface area contributed by atoms with Crippen molar-refractivity contribution in [1.82, 2.24) is 0 Å². The van der Waals surface area contributed by atoms with Crippen LogP contribution in [0.2, 0.25) is 0 Å². The van der Waals surface area contributed by atoms with Crippen LogP contribution in [-0.4, -0.2) is 18.3 Å². The first-order valence-corrected chi connectivity index (χ1v) is 7.11. The minimum absolute atomic E-state index is 0.0266. The lowest BCUT2D eigenvalue weighted by Gasteiger charge is -2.23. The minimum atomic E-state index is -0.321. The summed E-state index contributed by atoms with van der Waals surface area (Å²) in [5.41, 5.74) is 2.39. The third-order valence-corrected chi connectivity index (χ3v) is 4.36. The van der Waals surface area contributed by atoms with Crippen molar-refractivity contribution in [3.8, 4) is 5.75 Å². The van der Waals surface area contributed by atoms with E-state index in [1.165, 1.54) is 5.56 Å². The van der Waals surface area contributed by atoms with Gasteiger partial charge in [0.1, 0.15) is 5.75 Å². The van der Waals surface area contributed by atoms with Gasteiger partial charge in [0.2, 0.25) is 0 Å². The number of hydrogen-bond donors (Lipinski definition) is 1. The van der Waals surface area contributed by atoms with Crippen molar-refractivity contribution >= 4 is 0 Å². The molecule has 0 amide bonds. The van der Waals surface area contributed by atoms with Gasteiger partial charge in [-0.1, -0.05) is 42.5 Å². The van der Waals surface area contributed by atoms with Gasteiger partial charge < -0.3 is 9.84 Å². The van der Waals surface area contributed by atoms with Gasteiger partial charge in [0.15, 0.2) is 0 Å².